The highest BCUT2D eigenvalue weighted by Gasteiger charge is 2.36. The van der Waals surface area contributed by atoms with Crippen LogP contribution in [0.2, 0.25) is 10.0 Å². The van der Waals surface area contributed by atoms with Crippen LogP contribution >= 0.6 is 23.2 Å². The van der Waals surface area contributed by atoms with Crippen molar-refractivity contribution in [2.24, 2.45) is 20.0 Å². The third kappa shape index (κ3) is 5.87. The summed E-state index contributed by atoms with van der Waals surface area (Å²) in [5.74, 6) is 1.77. The SMILES string of the molecule is COc1nc(-c2cccc(-c3cccc(Nc4nc(C)nc5c4c(=O)n(C)c(=O)n5C)c3Cl)c2Cl)cc2c1[C@@H](N1CCC(CCC=O)C1)CC2. The monoisotopic (exact) mass is 713 g/mol. The number of anilines is 2. The van der Waals surface area contributed by atoms with E-state index in [0.29, 0.717) is 56.6 Å². The Balaban J connectivity index is 1.23. The molecule has 4 heterocycles. The third-order valence-corrected chi connectivity index (χ3v) is 10.8. The summed E-state index contributed by atoms with van der Waals surface area (Å²) in [6.45, 7) is 3.68. The van der Waals surface area contributed by atoms with E-state index in [0.717, 1.165) is 60.8 Å². The number of rotatable bonds is 9. The molecule has 2 aliphatic rings. The number of nitrogens with zero attached hydrogens (tertiary/aromatic N) is 6. The van der Waals surface area contributed by atoms with Crippen LogP contribution in [0, 0.1) is 12.8 Å². The second-order valence-corrected chi connectivity index (χ2v) is 13.8. The number of halogens is 2. The largest absolute Gasteiger partial charge is 0.481 e. The van der Waals surface area contributed by atoms with Gasteiger partial charge < -0.3 is 14.8 Å². The van der Waals surface area contributed by atoms with E-state index in [1.807, 2.05) is 30.3 Å². The molecule has 1 unspecified atom stereocenters. The molecule has 1 fully saturated rings. The van der Waals surface area contributed by atoms with Gasteiger partial charge in [0.15, 0.2) is 5.65 Å². The van der Waals surface area contributed by atoms with Gasteiger partial charge in [-0.25, -0.2) is 19.7 Å². The quantitative estimate of drug-likeness (QED) is 0.173. The summed E-state index contributed by atoms with van der Waals surface area (Å²) in [6.07, 6.45) is 5.57. The van der Waals surface area contributed by atoms with E-state index >= 15 is 0 Å². The Morgan fingerprint density at radius 1 is 0.980 bits per heavy atom. The number of fused-ring (bicyclic) bond motifs is 2. The van der Waals surface area contributed by atoms with Crippen molar-refractivity contribution in [3.63, 3.8) is 0 Å². The molecule has 5 aromatic rings. The first kappa shape index (κ1) is 33.9. The molecule has 2 atom stereocenters. The van der Waals surface area contributed by atoms with Crippen LogP contribution in [0.15, 0.2) is 52.1 Å². The average molecular weight is 715 g/mol. The van der Waals surface area contributed by atoms with Crippen molar-refractivity contribution < 1.29 is 9.53 Å². The van der Waals surface area contributed by atoms with E-state index < -0.39 is 11.2 Å². The van der Waals surface area contributed by atoms with Crippen molar-refractivity contribution in [3.8, 4) is 28.3 Å². The summed E-state index contributed by atoms with van der Waals surface area (Å²) in [5.41, 5.74) is 4.91. The third-order valence-electron chi connectivity index (χ3n) is 10.0. The Bertz CT molecular complexity index is 2290. The van der Waals surface area contributed by atoms with Crippen molar-refractivity contribution in [3.05, 3.63) is 90.3 Å². The number of carbonyl (C=O) groups is 1. The lowest BCUT2D eigenvalue weighted by molar-refractivity contribution is -0.108. The minimum Gasteiger partial charge on any atom is -0.481 e. The maximum atomic E-state index is 13.2. The first-order valence-electron chi connectivity index (χ1n) is 16.7. The highest BCUT2D eigenvalue weighted by Crippen LogP contribution is 2.46. The first-order chi connectivity index (χ1) is 24.1. The van der Waals surface area contributed by atoms with E-state index in [-0.39, 0.29) is 22.9 Å². The van der Waals surface area contributed by atoms with Gasteiger partial charge in [0.05, 0.1) is 28.5 Å². The summed E-state index contributed by atoms with van der Waals surface area (Å²) in [4.78, 5) is 53.1. The summed E-state index contributed by atoms with van der Waals surface area (Å²) in [5, 5.41) is 4.25. The molecule has 0 radical (unpaired) electrons. The fourth-order valence-electron chi connectivity index (χ4n) is 7.49. The second kappa shape index (κ2) is 13.6. The average Bonchev–Trinajstić information content (AvgIpc) is 3.76. The lowest BCUT2D eigenvalue weighted by Gasteiger charge is -2.26. The molecule has 1 aliphatic heterocycles. The van der Waals surface area contributed by atoms with Crippen molar-refractivity contribution in [1.29, 1.82) is 0 Å². The minimum atomic E-state index is -0.517. The Morgan fingerprint density at radius 2 is 1.72 bits per heavy atom. The van der Waals surface area contributed by atoms with Crippen LogP contribution in [0.4, 0.5) is 11.5 Å². The predicted octanol–water partition coefficient (Wildman–Crippen LogP) is 6.41. The number of aldehydes is 1. The maximum Gasteiger partial charge on any atom is 0.332 e. The summed E-state index contributed by atoms with van der Waals surface area (Å²) in [6, 6.07) is 13.6. The predicted molar refractivity (Wildman–Crippen MR) is 196 cm³/mol. The molecule has 2 aromatic carbocycles. The van der Waals surface area contributed by atoms with Gasteiger partial charge in [-0.2, -0.15) is 0 Å². The molecule has 13 heteroatoms. The van der Waals surface area contributed by atoms with E-state index in [1.54, 1.807) is 27.1 Å². The highest BCUT2D eigenvalue weighted by molar-refractivity contribution is 6.39. The van der Waals surface area contributed by atoms with Crippen LogP contribution in [0.5, 0.6) is 5.88 Å². The summed E-state index contributed by atoms with van der Waals surface area (Å²) < 4.78 is 8.25. The molecular weight excluding hydrogens is 677 g/mol. The number of aromatic nitrogens is 5. The number of carbonyl (C=O) groups excluding carboxylic acids is 1. The number of hydrogen-bond acceptors (Lipinski definition) is 9. The molecule has 0 saturated carbocycles. The molecule has 50 heavy (non-hydrogen) atoms. The van der Waals surface area contributed by atoms with Crippen LogP contribution < -0.4 is 21.3 Å². The van der Waals surface area contributed by atoms with Gasteiger partial charge in [0.2, 0.25) is 5.88 Å². The Morgan fingerprint density at radius 3 is 2.48 bits per heavy atom. The standard InChI is InChI=1S/C37H37Cl2N7O4/c1-20-40-33(30-34(41-20)44(2)37(49)45(3)36(30)48)42-26-12-6-10-24(32(26)39)23-9-5-11-25(31(23)38)27-18-22-13-14-28(29(22)35(43-27)50-4)46-16-15-21(19-46)8-7-17-47/h5-6,9-12,17-18,21,28H,7-8,13-16,19H2,1-4H3,(H,40,41,42)/t21?,28-/m0/s1. The van der Waals surface area contributed by atoms with Gasteiger partial charge in [-0.1, -0.05) is 53.5 Å². The number of nitrogens with one attached hydrogen (secondary N) is 1. The van der Waals surface area contributed by atoms with Gasteiger partial charge in [-0.3, -0.25) is 18.8 Å². The van der Waals surface area contributed by atoms with Crippen molar-refractivity contribution >= 4 is 52.0 Å². The number of ether oxygens (including phenoxy) is 1. The van der Waals surface area contributed by atoms with Crippen LogP contribution in [-0.2, 0) is 25.3 Å². The maximum absolute atomic E-state index is 13.2. The molecule has 1 N–H and O–H groups in total. The lowest BCUT2D eigenvalue weighted by atomic mass is 9.99. The molecule has 1 aliphatic carbocycles. The summed E-state index contributed by atoms with van der Waals surface area (Å²) >= 11 is 14.2. The Labute approximate surface area is 298 Å². The fourth-order valence-corrected chi connectivity index (χ4v) is 8.09. The molecule has 0 bridgehead atoms. The molecule has 258 valence electrons. The van der Waals surface area contributed by atoms with E-state index in [9.17, 15) is 14.4 Å². The number of methoxy groups -OCH3 is 1. The number of benzene rings is 2. The topological polar surface area (TPSA) is 124 Å². The fraction of sp³-hybridized carbons (Fsp3) is 0.351. The molecule has 1 saturated heterocycles. The van der Waals surface area contributed by atoms with Gasteiger partial charge in [-0.05, 0) is 62.8 Å². The number of likely N-dealkylation sites (tertiary alicyclic amines) is 1. The molecular formula is C37H37Cl2N7O4. The lowest BCUT2D eigenvalue weighted by Crippen LogP contribution is -2.37. The summed E-state index contributed by atoms with van der Waals surface area (Å²) in [7, 11) is 4.64. The van der Waals surface area contributed by atoms with E-state index in [4.69, 9.17) is 32.9 Å². The Kier molecular flexibility index (Phi) is 9.23. The van der Waals surface area contributed by atoms with Crippen molar-refractivity contribution in [2.75, 3.05) is 25.5 Å². The molecule has 3 aromatic heterocycles. The highest BCUT2D eigenvalue weighted by atomic mass is 35.5. The smallest absolute Gasteiger partial charge is 0.332 e. The van der Waals surface area contributed by atoms with Crippen LogP contribution in [0.3, 0.4) is 0 Å². The van der Waals surface area contributed by atoms with Gasteiger partial charge in [-0.15, -0.1) is 0 Å². The Hall–Kier alpha value is -4.58. The van der Waals surface area contributed by atoms with Gasteiger partial charge >= 0.3 is 5.69 Å². The van der Waals surface area contributed by atoms with Gasteiger partial charge in [0, 0.05) is 55.4 Å². The zero-order valence-electron chi connectivity index (χ0n) is 28.3. The molecule has 0 spiro atoms. The normalized spacial score (nSPS) is 17.3. The van der Waals surface area contributed by atoms with E-state index in [2.05, 4.69) is 26.3 Å². The van der Waals surface area contributed by atoms with Crippen LogP contribution in [0.1, 0.15) is 48.7 Å². The number of hydrogen-bond donors (Lipinski definition) is 1. The van der Waals surface area contributed by atoms with Crippen molar-refractivity contribution in [1.82, 2.24) is 29.0 Å². The number of aryl methyl sites for hydroxylation is 3. The minimum absolute atomic E-state index is 0.169. The zero-order chi connectivity index (χ0) is 35.3. The van der Waals surface area contributed by atoms with E-state index in [1.165, 1.54) is 17.2 Å². The molecule has 7 rings (SSSR count). The zero-order valence-corrected chi connectivity index (χ0v) is 29.8. The van der Waals surface area contributed by atoms with Crippen LogP contribution in [0.25, 0.3) is 33.4 Å². The van der Waals surface area contributed by atoms with Gasteiger partial charge in [0.1, 0.15) is 23.3 Å². The van der Waals surface area contributed by atoms with Gasteiger partial charge in [0.25, 0.3) is 5.56 Å². The molecule has 0 amide bonds. The second-order valence-electron chi connectivity index (χ2n) is 13.0. The molecule has 11 nitrogen and oxygen atoms in total. The van der Waals surface area contributed by atoms with Crippen LogP contribution in [-0.4, -0.2) is 55.5 Å². The van der Waals surface area contributed by atoms with Crippen molar-refractivity contribution in [2.45, 2.75) is 45.1 Å². The first-order valence-corrected chi connectivity index (χ1v) is 17.4. The number of pyridine rings is 1.